The Morgan fingerprint density at radius 3 is 2.55 bits per heavy atom. The summed E-state index contributed by atoms with van der Waals surface area (Å²) in [6.45, 7) is 1.86. The molecule has 0 bridgehead atoms. The van der Waals surface area contributed by atoms with E-state index in [0.29, 0.717) is 13.1 Å². The molecule has 0 aliphatic heterocycles. The Morgan fingerprint density at radius 2 is 1.70 bits per heavy atom. The predicted molar refractivity (Wildman–Crippen MR) is 129 cm³/mol. The van der Waals surface area contributed by atoms with Crippen LogP contribution in [0.4, 0.5) is 10.5 Å². The van der Waals surface area contributed by atoms with Crippen molar-refractivity contribution in [2.24, 2.45) is 0 Å². The molecule has 0 saturated heterocycles. The number of imidazole rings is 1. The second kappa shape index (κ2) is 9.40. The molecule has 7 heteroatoms. The molecule has 164 valence electrons. The van der Waals surface area contributed by atoms with Gasteiger partial charge in [-0.3, -0.25) is 4.68 Å². The maximum absolute atomic E-state index is 12.4. The minimum absolute atomic E-state index is 0.236. The number of carbonyl (C=O) groups is 1. The summed E-state index contributed by atoms with van der Waals surface area (Å²) < 4.78 is 3.98. The molecule has 5 rings (SSSR count). The lowest BCUT2D eigenvalue weighted by Crippen LogP contribution is -2.28. The van der Waals surface area contributed by atoms with Gasteiger partial charge in [-0.15, -0.1) is 0 Å². The molecule has 0 aliphatic rings. The molecule has 0 radical (unpaired) electrons. The van der Waals surface area contributed by atoms with Gasteiger partial charge < -0.3 is 15.2 Å². The Hall–Kier alpha value is -4.39. The minimum Gasteiger partial charge on any atom is -0.334 e. The second-order valence-electron chi connectivity index (χ2n) is 7.89. The van der Waals surface area contributed by atoms with Gasteiger partial charge in [-0.05, 0) is 47.0 Å². The smallest absolute Gasteiger partial charge is 0.319 e. The van der Waals surface area contributed by atoms with Crippen LogP contribution in [0.25, 0.3) is 11.0 Å². The average molecular weight is 437 g/mol. The van der Waals surface area contributed by atoms with Gasteiger partial charge in [-0.25, -0.2) is 9.78 Å². The molecule has 33 heavy (non-hydrogen) atoms. The van der Waals surface area contributed by atoms with Crippen molar-refractivity contribution in [2.45, 2.75) is 19.6 Å². The fraction of sp³-hybridized carbons (Fsp3) is 0.115. The van der Waals surface area contributed by atoms with Crippen molar-refractivity contribution in [2.75, 3.05) is 5.32 Å². The Morgan fingerprint density at radius 1 is 0.848 bits per heavy atom. The SMILES string of the molecule is O=C(NCc1ccc(Cn2cnc3ccccc32)cc1)Nc1cccc(Cn2cccn2)c1. The first-order chi connectivity index (χ1) is 16.2. The van der Waals surface area contributed by atoms with Gasteiger partial charge in [0, 0.05) is 31.2 Å². The van der Waals surface area contributed by atoms with E-state index in [-0.39, 0.29) is 6.03 Å². The van der Waals surface area contributed by atoms with Crippen LogP contribution in [0, 0.1) is 0 Å². The van der Waals surface area contributed by atoms with E-state index >= 15 is 0 Å². The zero-order valence-corrected chi connectivity index (χ0v) is 18.1. The first kappa shape index (κ1) is 20.5. The molecule has 7 nitrogen and oxygen atoms in total. The topological polar surface area (TPSA) is 76.8 Å². The standard InChI is InChI=1S/C26H24N6O/c33-26(30-23-6-3-5-22(15-23)18-32-14-4-13-29-32)27-16-20-9-11-21(12-10-20)17-31-19-28-24-7-1-2-8-25(24)31/h1-15,19H,16-18H2,(H2,27,30,33). The summed E-state index contributed by atoms with van der Waals surface area (Å²) in [5, 5.41) is 10.0. The lowest BCUT2D eigenvalue weighted by molar-refractivity contribution is 0.251. The van der Waals surface area contributed by atoms with Gasteiger partial charge in [0.2, 0.25) is 0 Å². The van der Waals surface area contributed by atoms with E-state index in [0.717, 1.165) is 34.4 Å². The van der Waals surface area contributed by atoms with Crippen LogP contribution in [0.1, 0.15) is 16.7 Å². The van der Waals surface area contributed by atoms with Crippen LogP contribution in [0.5, 0.6) is 0 Å². The molecule has 2 N–H and O–H groups in total. The largest absolute Gasteiger partial charge is 0.334 e. The third-order valence-electron chi connectivity index (χ3n) is 5.44. The summed E-state index contributed by atoms with van der Waals surface area (Å²) in [6, 6.07) is 25.8. The van der Waals surface area contributed by atoms with Crippen LogP contribution in [-0.4, -0.2) is 25.4 Å². The van der Waals surface area contributed by atoms with E-state index in [2.05, 4.69) is 43.5 Å². The van der Waals surface area contributed by atoms with Crippen molar-refractivity contribution in [3.05, 3.63) is 114 Å². The van der Waals surface area contributed by atoms with Crippen LogP contribution in [0.2, 0.25) is 0 Å². The first-order valence-electron chi connectivity index (χ1n) is 10.8. The number of amides is 2. The van der Waals surface area contributed by atoms with Crippen molar-refractivity contribution in [3.63, 3.8) is 0 Å². The number of anilines is 1. The van der Waals surface area contributed by atoms with Crippen LogP contribution < -0.4 is 10.6 Å². The van der Waals surface area contributed by atoms with Crippen molar-refractivity contribution < 1.29 is 4.79 Å². The van der Waals surface area contributed by atoms with Crippen LogP contribution in [-0.2, 0) is 19.6 Å². The number of nitrogens with zero attached hydrogens (tertiary/aromatic N) is 4. The van der Waals surface area contributed by atoms with Gasteiger partial charge in [0.05, 0.1) is 23.9 Å². The highest BCUT2D eigenvalue weighted by molar-refractivity contribution is 5.89. The first-order valence-corrected chi connectivity index (χ1v) is 10.8. The molecule has 5 aromatic rings. The summed E-state index contributed by atoms with van der Waals surface area (Å²) in [7, 11) is 0. The zero-order chi connectivity index (χ0) is 22.5. The molecule has 0 fully saturated rings. The van der Waals surface area contributed by atoms with Gasteiger partial charge >= 0.3 is 6.03 Å². The molecule has 2 heterocycles. The number of hydrogen-bond acceptors (Lipinski definition) is 3. The highest BCUT2D eigenvalue weighted by Gasteiger charge is 2.05. The molecule has 0 aliphatic carbocycles. The lowest BCUT2D eigenvalue weighted by Gasteiger charge is -2.10. The number of nitrogens with one attached hydrogen (secondary N) is 2. The molecule has 0 unspecified atom stereocenters. The summed E-state index contributed by atoms with van der Waals surface area (Å²) in [6.07, 6.45) is 5.53. The molecule has 0 atom stereocenters. The fourth-order valence-corrected chi connectivity index (χ4v) is 3.78. The van der Waals surface area contributed by atoms with E-state index in [1.54, 1.807) is 6.20 Å². The molecule has 0 spiro atoms. The van der Waals surface area contributed by atoms with Crippen LogP contribution >= 0.6 is 0 Å². The van der Waals surface area contributed by atoms with Crippen molar-refractivity contribution in [1.82, 2.24) is 24.6 Å². The van der Waals surface area contributed by atoms with Gasteiger partial charge in [-0.1, -0.05) is 48.5 Å². The Labute approximate surface area is 191 Å². The Balaban J connectivity index is 1.14. The van der Waals surface area contributed by atoms with Crippen molar-refractivity contribution >= 4 is 22.8 Å². The maximum Gasteiger partial charge on any atom is 0.319 e. The minimum atomic E-state index is -0.236. The van der Waals surface area contributed by atoms with E-state index < -0.39 is 0 Å². The summed E-state index contributed by atoms with van der Waals surface area (Å²) in [4.78, 5) is 16.8. The zero-order valence-electron chi connectivity index (χ0n) is 18.1. The number of carbonyl (C=O) groups excluding carboxylic acids is 1. The van der Waals surface area contributed by atoms with E-state index in [1.165, 1.54) is 5.56 Å². The molecular formula is C26H24N6O. The maximum atomic E-state index is 12.4. The van der Waals surface area contributed by atoms with Gasteiger partial charge in [-0.2, -0.15) is 5.10 Å². The van der Waals surface area contributed by atoms with Crippen LogP contribution in [0.15, 0.2) is 97.6 Å². The third-order valence-corrected chi connectivity index (χ3v) is 5.44. The van der Waals surface area contributed by atoms with Gasteiger partial charge in [0.1, 0.15) is 0 Å². The molecule has 3 aromatic carbocycles. The molecule has 2 amide bonds. The number of rotatable bonds is 7. The summed E-state index contributed by atoms with van der Waals surface area (Å²) in [5.74, 6) is 0. The van der Waals surface area contributed by atoms with Gasteiger partial charge in [0.15, 0.2) is 0 Å². The van der Waals surface area contributed by atoms with E-state index in [1.807, 2.05) is 77.9 Å². The fourth-order valence-electron chi connectivity index (χ4n) is 3.78. The highest BCUT2D eigenvalue weighted by Crippen LogP contribution is 2.15. The normalized spacial score (nSPS) is 10.9. The number of benzene rings is 3. The predicted octanol–water partition coefficient (Wildman–Crippen LogP) is 4.65. The van der Waals surface area contributed by atoms with Gasteiger partial charge in [0.25, 0.3) is 0 Å². The third kappa shape index (κ3) is 5.10. The van der Waals surface area contributed by atoms with Crippen molar-refractivity contribution in [3.8, 4) is 0 Å². The number of aromatic nitrogens is 4. The highest BCUT2D eigenvalue weighted by atomic mass is 16.2. The average Bonchev–Trinajstić information content (AvgIpc) is 3.49. The quantitative estimate of drug-likeness (QED) is 0.390. The number of para-hydroxylation sites is 2. The Kier molecular flexibility index (Phi) is 5.84. The molecule has 0 saturated carbocycles. The molecular weight excluding hydrogens is 412 g/mol. The molecule has 2 aromatic heterocycles. The number of urea groups is 1. The lowest BCUT2D eigenvalue weighted by atomic mass is 10.1. The van der Waals surface area contributed by atoms with Crippen molar-refractivity contribution in [1.29, 1.82) is 0 Å². The van der Waals surface area contributed by atoms with Crippen LogP contribution in [0.3, 0.4) is 0 Å². The summed E-state index contributed by atoms with van der Waals surface area (Å²) in [5.41, 5.74) is 6.15. The Bertz CT molecular complexity index is 1360. The van der Waals surface area contributed by atoms with E-state index in [9.17, 15) is 4.79 Å². The number of hydrogen-bond donors (Lipinski definition) is 2. The number of fused-ring (bicyclic) bond motifs is 1. The monoisotopic (exact) mass is 436 g/mol. The second-order valence-corrected chi connectivity index (χ2v) is 7.89. The summed E-state index contributed by atoms with van der Waals surface area (Å²) >= 11 is 0. The van der Waals surface area contributed by atoms with E-state index in [4.69, 9.17) is 0 Å².